The molecule has 6 heterocycles. The third-order valence-corrected chi connectivity index (χ3v) is 26.0. The van der Waals surface area contributed by atoms with Crippen molar-refractivity contribution in [1.29, 1.82) is 5.41 Å². The van der Waals surface area contributed by atoms with Gasteiger partial charge in [-0.1, -0.05) is 119 Å². The minimum absolute atomic E-state index is 0.0147. The molecule has 43 nitrogen and oxygen atoms in total. The SMILES string of the molecule is CCCC[C@H]1C(=O)N(C)[C@@H](CCCC)C(=O)N[C@@H](CCCNC(=N)N)C(=O)N[C@H](C(=O)NCC(N)=O)CSCC(=O)N[C@@H](Cc2ccc(Cl)cc2Cl)C(=O)N(C)[C@@H](C)C(=O)N[C@@H](CC(N)=O)C(=O)N2CCC[C@H]2C(=O)N[C@@H](Cc2cnc[nH]2)C(=O)N[C@@H](CC(C)C)C(=O)N2C[C@H](O)CC2C(=O)N[C@@H](Cc2c[nH]c3ccccc23)C(=O)N[C@@H](CO)C(=O)N[C@@H](Cc2c[nH]c3ccccc23)C(=O)N1C. The van der Waals surface area contributed by atoms with Crippen molar-refractivity contribution in [2.45, 2.75) is 234 Å². The second-order valence-corrected chi connectivity index (χ2v) is 36.9. The maximum Gasteiger partial charge on any atom is 0.246 e. The number of aliphatic hydroxyl groups excluding tert-OH is 2. The monoisotopic (exact) mass is 1960 g/mol. The van der Waals surface area contributed by atoms with Crippen LogP contribution in [0.2, 0.25) is 10.0 Å². The highest BCUT2D eigenvalue weighted by atomic mass is 35.5. The number of nitrogens with one attached hydrogen (secondary N) is 15. The second kappa shape index (κ2) is 51.3. The number of rotatable bonds is 26. The summed E-state index contributed by atoms with van der Waals surface area (Å²) in [5, 5.41) is 61.2. The smallest absolute Gasteiger partial charge is 0.246 e. The lowest BCUT2D eigenvalue weighted by atomic mass is 10.00. The van der Waals surface area contributed by atoms with Crippen LogP contribution in [-0.2, 0) is 107 Å². The zero-order valence-corrected chi connectivity index (χ0v) is 80.1. The average molecular weight is 1960 g/mol. The maximum absolute atomic E-state index is 15.8. The van der Waals surface area contributed by atoms with Gasteiger partial charge < -0.3 is 125 Å². The quantitative estimate of drug-likeness (QED) is 0.0170. The number of halogens is 2. The second-order valence-electron chi connectivity index (χ2n) is 35.0. The number of primary amides is 2. The molecular weight excluding hydrogens is 1840 g/mol. The zero-order chi connectivity index (χ0) is 100. The first-order valence-electron chi connectivity index (χ1n) is 45.6. The molecule has 0 bridgehead atoms. The van der Waals surface area contributed by atoms with Gasteiger partial charge in [-0.25, -0.2) is 4.98 Å². The molecule has 0 saturated carbocycles. The zero-order valence-electron chi connectivity index (χ0n) is 77.8. The number of fused-ring (bicyclic) bond motifs is 4. The number of guanidine groups is 1. The molecule has 0 aliphatic carbocycles. The molecule has 15 atom stereocenters. The number of nitrogens with zero attached hydrogens (tertiary/aromatic N) is 6. The molecule has 23 N–H and O–H groups in total. The molecule has 6 aromatic rings. The fourth-order valence-corrected chi connectivity index (χ4v) is 18.2. The molecule has 137 heavy (non-hydrogen) atoms. The van der Waals surface area contributed by atoms with Gasteiger partial charge in [-0.3, -0.25) is 86.9 Å². The van der Waals surface area contributed by atoms with Crippen LogP contribution >= 0.6 is 35.0 Å². The molecule has 3 aliphatic heterocycles. The number of carbonyl (C=O) groups excluding carboxylic acids is 17. The summed E-state index contributed by atoms with van der Waals surface area (Å²) in [6, 6.07) is -3.64. The Morgan fingerprint density at radius 2 is 1.10 bits per heavy atom. The van der Waals surface area contributed by atoms with Crippen LogP contribution < -0.4 is 75.7 Å². The number of imidazole rings is 1. The molecule has 3 saturated heterocycles. The number of aliphatic hydroxyl groups is 2. The van der Waals surface area contributed by atoms with Crippen LogP contribution in [0.1, 0.15) is 140 Å². The number of carbonyl (C=O) groups is 17. The predicted molar refractivity (Wildman–Crippen MR) is 508 cm³/mol. The average Bonchev–Trinajstić information content (AvgIpc) is 1.74. The first kappa shape index (κ1) is 108. The lowest BCUT2D eigenvalue weighted by Crippen LogP contribution is -2.62. The van der Waals surface area contributed by atoms with Gasteiger partial charge in [0.15, 0.2) is 5.96 Å². The molecule has 1 unspecified atom stereocenters. The fraction of sp³-hybridized carbons (Fsp3) is 0.527. The van der Waals surface area contributed by atoms with E-state index in [1.54, 1.807) is 74.8 Å². The number of likely N-dealkylation sites (N-methyl/N-ethyl adjacent to an activating group) is 3. The van der Waals surface area contributed by atoms with E-state index in [-0.39, 0.29) is 105 Å². The highest BCUT2D eigenvalue weighted by Gasteiger charge is 2.47. The summed E-state index contributed by atoms with van der Waals surface area (Å²) < 4.78 is 0. The Hall–Kier alpha value is -12.9. The molecule has 9 rings (SSSR count). The van der Waals surface area contributed by atoms with Gasteiger partial charge in [0.05, 0.1) is 37.8 Å². The number of amides is 17. The molecule has 3 fully saturated rings. The minimum atomic E-state index is -1.90. The number of benzene rings is 3. The van der Waals surface area contributed by atoms with E-state index in [2.05, 4.69) is 78.4 Å². The third kappa shape index (κ3) is 30.0. The lowest BCUT2D eigenvalue weighted by Gasteiger charge is -2.36. The normalized spacial score (nSPS) is 24.6. The number of hydrogen-bond donors (Lipinski definition) is 20. The Balaban J connectivity index is 1.11. The summed E-state index contributed by atoms with van der Waals surface area (Å²) >= 11 is 13.7. The lowest BCUT2D eigenvalue weighted by molar-refractivity contribution is -0.149. The van der Waals surface area contributed by atoms with Crippen molar-refractivity contribution < 1.29 is 91.7 Å². The molecule has 744 valence electrons. The van der Waals surface area contributed by atoms with Crippen molar-refractivity contribution in [3.05, 3.63) is 124 Å². The van der Waals surface area contributed by atoms with Crippen molar-refractivity contribution in [2.75, 3.05) is 65.4 Å². The van der Waals surface area contributed by atoms with E-state index < -0.39 is 241 Å². The highest BCUT2D eigenvalue weighted by Crippen LogP contribution is 2.29. The van der Waals surface area contributed by atoms with E-state index >= 15 is 38.4 Å². The predicted octanol–water partition coefficient (Wildman–Crippen LogP) is -1.33. The number of H-pyrrole nitrogens is 3. The van der Waals surface area contributed by atoms with Gasteiger partial charge >= 0.3 is 0 Å². The number of para-hydroxylation sites is 2. The van der Waals surface area contributed by atoms with Crippen LogP contribution in [0.15, 0.2) is 91.6 Å². The van der Waals surface area contributed by atoms with E-state index in [0.717, 1.165) is 36.3 Å². The van der Waals surface area contributed by atoms with Crippen molar-refractivity contribution in [2.24, 2.45) is 23.1 Å². The standard InChI is InChI=1S/C91H126Cl2N24O19S/c1-9-11-24-70-83(129)105-61(23-17-29-99-91(96)97)79(125)112-69(78(124)102-42-75(95)121)45-137-46-76(122)104-65(32-50-27-28-53(92)35-58(50)93)86(132)113(6)49(5)77(123)108-67(38-74(94)120)88(134)116-30-18-26-71(116)84(130)107-63(36-54-41-98-47-103-54)81(127)109-64(31-48(3)4)89(135)117-43-55(119)37-73(117)85(131)106-62(33-51-39-100-59-21-15-13-19-56(51)59)80(126)111-68(44-118)82(128)110-66(34-52-40-101-60-22-16-14-20-57(52)60)87(133)115(8)72(25-12-10-2)90(136)114(70)7/h13-16,19-22,27-28,35,39-41,47-49,55,61-73,100-101,118-119H,9-12,17-18,23-26,29-34,36-38,42-46H2,1-8H3,(H2,94,120)(H2,95,121)(H,98,103)(H,102,124)(H,104,122)(H,105,129)(H,106,131)(H,107,130)(H,108,123)(H,109,127)(H,110,128)(H,111,126)(H,112,125)(H4,96,97,99)/t49-,55+,61-,62-,63-,64-,65-,66-,67-,68-,69-,70-,71-,72-,73?/m0/s1. The van der Waals surface area contributed by atoms with Gasteiger partial charge in [-0.15, -0.1) is 11.8 Å². The largest absolute Gasteiger partial charge is 0.394 e. The Bertz CT molecular complexity index is 5330. The molecule has 0 radical (unpaired) electrons. The summed E-state index contributed by atoms with van der Waals surface area (Å²) in [6.07, 6.45) is 3.52. The minimum Gasteiger partial charge on any atom is -0.394 e. The summed E-state index contributed by atoms with van der Waals surface area (Å²) in [7, 11) is 3.89. The number of thioether (sulfide) groups is 1. The first-order valence-corrected chi connectivity index (χ1v) is 47.6. The molecule has 3 aliphatic rings. The summed E-state index contributed by atoms with van der Waals surface area (Å²) in [4.78, 5) is 270. The van der Waals surface area contributed by atoms with Crippen LogP contribution in [0.5, 0.6) is 0 Å². The summed E-state index contributed by atoms with van der Waals surface area (Å²) in [6.45, 7) is 5.98. The van der Waals surface area contributed by atoms with Gasteiger partial charge in [0.2, 0.25) is 100 Å². The fourth-order valence-electron chi connectivity index (χ4n) is 16.8. The number of aromatic nitrogens is 4. The van der Waals surface area contributed by atoms with Crippen molar-refractivity contribution >= 4 is 163 Å². The van der Waals surface area contributed by atoms with Crippen LogP contribution in [-0.4, -0.2) is 317 Å². The number of aromatic amines is 3. The van der Waals surface area contributed by atoms with Crippen LogP contribution in [0.4, 0.5) is 0 Å². The van der Waals surface area contributed by atoms with Gasteiger partial charge in [-0.2, -0.15) is 0 Å². The Kier molecular flexibility index (Phi) is 40.3. The molecule has 0 spiro atoms. The summed E-state index contributed by atoms with van der Waals surface area (Å²) in [5.74, 6) is -18.0. The van der Waals surface area contributed by atoms with Gasteiger partial charge in [0, 0.05) is 135 Å². The van der Waals surface area contributed by atoms with E-state index in [0.29, 0.717) is 64.3 Å². The van der Waals surface area contributed by atoms with Gasteiger partial charge in [-0.05, 0) is 98.7 Å². The molecule has 17 amide bonds. The number of unbranched alkanes of at least 4 members (excludes halogenated alkanes) is 2. The van der Waals surface area contributed by atoms with Crippen LogP contribution in [0, 0.1) is 11.3 Å². The van der Waals surface area contributed by atoms with E-state index in [9.17, 15) is 53.4 Å². The molecule has 3 aromatic heterocycles. The first-order chi connectivity index (χ1) is 65.2. The Labute approximate surface area is 805 Å². The molecular formula is C91H126Cl2N24O19S. The van der Waals surface area contributed by atoms with Gasteiger partial charge in [0.25, 0.3) is 0 Å². The highest BCUT2D eigenvalue weighted by molar-refractivity contribution is 8.00. The van der Waals surface area contributed by atoms with E-state index in [4.69, 9.17) is 45.8 Å². The Morgan fingerprint density at radius 1 is 0.562 bits per heavy atom. The molecule has 46 heteroatoms. The number of nitrogens with two attached hydrogens (primary N) is 3. The van der Waals surface area contributed by atoms with Crippen molar-refractivity contribution in [3.63, 3.8) is 0 Å². The Morgan fingerprint density at radius 3 is 1.70 bits per heavy atom. The summed E-state index contributed by atoms with van der Waals surface area (Å²) in [5.41, 5.74) is 19.7. The third-order valence-electron chi connectivity index (χ3n) is 24.4. The maximum atomic E-state index is 15.8. The van der Waals surface area contributed by atoms with Crippen molar-refractivity contribution in [1.82, 2.24) is 103 Å². The van der Waals surface area contributed by atoms with Crippen molar-refractivity contribution in [3.8, 4) is 0 Å². The topological polar surface area (TPSA) is 641 Å². The van der Waals surface area contributed by atoms with Crippen LogP contribution in [0.25, 0.3) is 21.8 Å². The van der Waals surface area contributed by atoms with Gasteiger partial charge in [0.1, 0.15) is 84.6 Å². The number of hydrogen-bond acceptors (Lipinski definition) is 22. The van der Waals surface area contributed by atoms with E-state index in [1.165, 1.54) is 58.8 Å². The van der Waals surface area contributed by atoms with Crippen LogP contribution in [0.3, 0.4) is 0 Å². The van der Waals surface area contributed by atoms with E-state index in [1.807, 2.05) is 13.8 Å². The molecule has 3 aromatic carbocycles.